The van der Waals surface area contributed by atoms with Crippen LogP contribution in [0.5, 0.6) is 0 Å². The van der Waals surface area contributed by atoms with Gasteiger partial charge in [-0.25, -0.2) is 0 Å². The van der Waals surface area contributed by atoms with Gasteiger partial charge in [0.2, 0.25) is 5.91 Å². The van der Waals surface area contributed by atoms with E-state index < -0.39 is 13.3 Å². The molecule has 6 heteroatoms. The second-order valence-corrected chi connectivity index (χ2v) is 11.9. The summed E-state index contributed by atoms with van der Waals surface area (Å²) in [7, 11) is -2.95. The highest BCUT2D eigenvalue weighted by atomic mass is 127. The number of hydrogen-bond donors (Lipinski definition) is 3. The van der Waals surface area contributed by atoms with Gasteiger partial charge in [0.25, 0.3) is 0 Å². The number of halogens is 1. The molecule has 0 heterocycles. The van der Waals surface area contributed by atoms with Crippen LogP contribution in [0.4, 0.5) is 0 Å². The van der Waals surface area contributed by atoms with Crippen molar-refractivity contribution in [3.8, 4) is 0 Å². The summed E-state index contributed by atoms with van der Waals surface area (Å²) in [4.78, 5) is 12.7. The molecule has 0 saturated carbocycles. The smallest absolute Gasteiger partial charge is 0.247 e. The average Bonchev–Trinajstić information content (AvgIpc) is 2.44. The van der Waals surface area contributed by atoms with Gasteiger partial charge in [0.1, 0.15) is 0 Å². The Bertz CT molecular complexity index is 531. The van der Waals surface area contributed by atoms with E-state index in [1.165, 1.54) is 5.56 Å². The standard InChI is InChI=1S/C16H27IN2O2S/c1-4-5-6-13-7-9-14(10-8-13)22(17,21)19-16(20)15(18)11-12(2)3/h7-10,12,15,22H,4-6,11,18H2,1-3H3,(H,19,20,21)/t15-/m0/s1. The Labute approximate surface area is 146 Å². The monoisotopic (exact) mass is 438 g/mol. The van der Waals surface area contributed by atoms with Gasteiger partial charge in [-0.3, -0.25) is 13.7 Å². The van der Waals surface area contributed by atoms with Crippen LogP contribution in [0.25, 0.3) is 0 Å². The SMILES string of the molecule is CCCCc1ccc([SH](=O)(I)NC(=O)[C@@H](N)CC(C)C)cc1. The Morgan fingerprint density at radius 1 is 1.32 bits per heavy atom. The predicted molar refractivity (Wildman–Crippen MR) is 102 cm³/mol. The summed E-state index contributed by atoms with van der Waals surface area (Å²) in [5.41, 5.74) is 7.07. The van der Waals surface area contributed by atoms with Crippen LogP contribution in [-0.4, -0.2) is 16.2 Å². The van der Waals surface area contributed by atoms with Crippen LogP contribution < -0.4 is 10.5 Å². The van der Waals surface area contributed by atoms with Crippen LogP contribution in [0.3, 0.4) is 0 Å². The van der Waals surface area contributed by atoms with Gasteiger partial charge in [0, 0.05) is 33.4 Å². The molecular weight excluding hydrogens is 411 g/mol. The number of nitrogens with one attached hydrogen (secondary N) is 1. The second-order valence-electron chi connectivity index (χ2n) is 6.01. The van der Waals surface area contributed by atoms with E-state index in [1.54, 1.807) is 0 Å². The summed E-state index contributed by atoms with van der Waals surface area (Å²) in [5, 5.41) is 0. The van der Waals surface area contributed by atoms with Crippen molar-refractivity contribution in [2.75, 3.05) is 0 Å². The van der Waals surface area contributed by atoms with Crippen LogP contribution in [0.2, 0.25) is 0 Å². The lowest BCUT2D eigenvalue weighted by molar-refractivity contribution is -0.120. The van der Waals surface area contributed by atoms with E-state index in [-0.39, 0.29) is 5.91 Å². The third kappa shape index (κ3) is 6.34. The molecule has 0 fully saturated rings. The molecular formula is C16H27IN2O2S. The second kappa shape index (κ2) is 8.98. The van der Waals surface area contributed by atoms with Crippen LogP contribution in [0.1, 0.15) is 45.6 Å². The van der Waals surface area contributed by atoms with Crippen LogP contribution in [0.15, 0.2) is 29.2 Å². The first-order valence-electron chi connectivity index (χ1n) is 7.73. The van der Waals surface area contributed by atoms with Gasteiger partial charge >= 0.3 is 0 Å². The number of aryl methyl sites for hydroxylation is 1. The maximum absolute atomic E-state index is 12.7. The van der Waals surface area contributed by atoms with Gasteiger partial charge in [0.05, 0.1) is 6.04 Å². The molecule has 0 bridgehead atoms. The lowest BCUT2D eigenvalue weighted by Gasteiger charge is -2.22. The number of unbranched alkanes of at least 4 members (excludes halogenated alkanes) is 1. The fourth-order valence-electron chi connectivity index (χ4n) is 2.14. The van der Waals surface area contributed by atoms with Crippen molar-refractivity contribution in [3.05, 3.63) is 29.8 Å². The highest BCUT2D eigenvalue weighted by Crippen LogP contribution is 2.24. The van der Waals surface area contributed by atoms with Gasteiger partial charge < -0.3 is 5.73 Å². The summed E-state index contributed by atoms with van der Waals surface area (Å²) < 4.78 is 15.4. The molecule has 0 saturated heterocycles. The Kier molecular flexibility index (Phi) is 7.99. The zero-order valence-electron chi connectivity index (χ0n) is 13.5. The molecule has 0 aromatic heterocycles. The number of carbonyl (C=O) groups excluding carboxylic acids is 1. The zero-order valence-corrected chi connectivity index (χ0v) is 16.6. The maximum Gasteiger partial charge on any atom is 0.247 e. The third-order valence-corrected chi connectivity index (χ3v) is 7.27. The van der Waals surface area contributed by atoms with Crippen LogP contribution in [0, 0.1) is 5.92 Å². The summed E-state index contributed by atoms with van der Waals surface area (Å²) in [6.45, 7) is 6.17. The van der Waals surface area contributed by atoms with Gasteiger partial charge in [-0.2, -0.15) is 0 Å². The highest BCUT2D eigenvalue weighted by Gasteiger charge is 2.21. The Balaban J connectivity index is 2.73. The van der Waals surface area contributed by atoms with E-state index in [9.17, 15) is 9.00 Å². The van der Waals surface area contributed by atoms with Crippen molar-refractivity contribution < 1.29 is 9.00 Å². The van der Waals surface area contributed by atoms with Crippen molar-refractivity contribution in [2.45, 2.75) is 57.4 Å². The molecule has 0 unspecified atom stereocenters. The molecule has 4 nitrogen and oxygen atoms in total. The molecule has 0 spiro atoms. The first-order chi connectivity index (χ1) is 10.3. The number of nitrogens with two attached hydrogens (primary N) is 1. The number of hydrogen-bond acceptors (Lipinski definition) is 3. The van der Waals surface area contributed by atoms with Gasteiger partial charge in [-0.15, -0.1) is 0 Å². The van der Waals surface area contributed by atoms with Crippen LogP contribution >= 0.6 is 21.2 Å². The third-order valence-electron chi connectivity index (χ3n) is 3.40. The molecule has 1 amide bonds. The Morgan fingerprint density at radius 2 is 1.91 bits per heavy atom. The Morgan fingerprint density at radius 3 is 2.41 bits per heavy atom. The number of benzene rings is 1. The summed E-state index contributed by atoms with van der Waals surface area (Å²) >= 11 is 1.83. The normalized spacial score (nSPS) is 13.9. The van der Waals surface area contributed by atoms with Crippen LogP contribution in [-0.2, 0) is 18.5 Å². The molecule has 0 aliphatic rings. The highest BCUT2D eigenvalue weighted by molar-refractivity contribution is 14.2. The molecule has 126 valence electrons. The number of rotatable bonds is 8. The molecule has 22 heavy (non-hydrogen) atoms. The van der Waals surface area contributed by atoms with E-state index >= 15 is 0 Å². The van der Waals surface area contributed by atoms with Gasteiger partial charge in [-0.05, 0) is 42.9 Å². The predicted octanol–water partition coefficient (Wildman–Crippen LogP) is 3.16. The van der Waals surface area contributed by atoms with Crippen molar-refractivity contribution in [1.29, 1.82) is 0 Å². The summed E-state index contributed by atoms with van der Waals surface area (Å²) in [6.07, 6.45) is 3.89. The number of thiol groups is 1. The van der Waals surface area contributed by atoms with E-state index in [4.69, 9.17) is 5.73 Å². The van der Waals surface area contributed by atoms with Crippen molar-refractivity contribution in [1.82, 2.24) is 4.72 Å². The fourth-order valence-corrected chi connectivity index (χ4v) is 4.93. The molecule has 1 atom stereocenters. The topological polar surface area (TPSA) is 72.2 Å². The molecule has 3 N–H and O–H groups in total. The zero-order chi connectivity index (χ0) is 16.8. The van der Waals surface area contributed by atoms with E-state index in [0.717, 1.165) is 19.3 Å². The average molecular weight is 438 g/mol. The Hall–Kier alpha value is -0.470. The largest absolute Gasteiger partial charge is 0.320 e. The minimum absolute atomic E-state index is 0.326. The molecule has 1 aromatic rings. The summed E-state index contributed by atoms with van der Waals surface area (Å²) in [5.74, 6) is -0.0197. The van der Waals surface area contributed by atoms with Crippen molar-refractivity contribution in [3.63, 3.8) is 0 Å². The molecule has 0 aliphatic heterocycles. The fraction of sp³-hybridized carbons (Fsp3) is 0.562. The van der Waals surface area contributed by atoms with Gasteiger partial charge in [0.15, 0.2) is 0 Å². The lowest BCUT2D eigenvalue weighted by atomic mass is 10.0. The molecule has 0 radical (unpaired) electrons. The minimum atomic E-state index is -2.95. The molecule has 0 aliphatic carbocycles. The van der Waals surface area contributed by atoms with E-state index in [1.807, 2.05) is 59.3 Å². The quantitative estimate of drug-likeness (QED) is 0.332. The number of amides is 1. The first-order valence-corrected chi connectivity index (χ1v) is 12.2. The van der Waals surface area contributed by atoms with Crippen molar-refractivity contribution in [2.24, 2.45) is 11.7 Å². The summed E-state index contributed by atoms with van der Waals surface area (Å²) in [6, 6.07) is 7.03. The van der Waals surface area contributed by atoms with E-state index in [2.05, 4.69) is 11.6 Å². The molecule has 1 rings (SSSR count). The van der Waals surface area contributed by atoms with Gasteiger partial charge in [-0.1, -0.05) is 39.3 Å². The van der Waals surface area contributed by atoms with Crippen molar-refractivity contribution >= 4 is 34.4 Å². The van der Waals surface area contributed by atoms with E-state index in [0.29, 0.717) is 17.2 Å². The maximum atomic E-state index is 12.7. The molecule has 1 aromatic carbocycles. The number of carbonyl (C=O) groups is 1. The first kappa shape index (κ1) is 19.6. The minimum Gasteiger partial charge on any atom is -0.320 e. The lowest BCUT2D eigenvalue weighted by Crippen LogP contribution is -2.44.